The highest BCUT2D eigenvalue weighted by Crippen LogP contribution is 2.27. The van der Waals surface area contributed by atoms with E-state index in [1.807, 2.05) is 31.2 Å². The van der Waals surface area contributed by atoms with Crippen molar-refractivity contribution in [2.45, 2.75) is 38.0 Å². The predicted molar refractivity (Wildman–Crippen MR) is 128 cm³/mol. The highest BCUT2D eigenvalue weighted by molar-refractivity contribution is 5.76. The third-order valence-electron chi connectivity index (χ3n) is 5.85. The van der Waals surface area contributed by atoms with Crippen molar-refractivity contribution in [3.8, 4) is 11.1 Å². The number of urea groups is 1. The van der Waals surface area contributed by atoms with E-state index in [0.717, 1.165) is 23.1 Å². The first-order valence-corrected chi connectivity index (χ1v) is 11.3. The van der Waals surface area contributed by atoms with E-state index in [1.165, 1.54) is 24.3 Å². The molecule has 3 aromatic carbocycles. The Morgan fingerprint density at radius 1 is 0.941 bits per heavy atom. The predicted octanol–water partition coefficient (Wildman–Crippen LogP) is 4.91. The summed E-state index contributed by atoms with van der Waals surface area (Å²) in [5.41, 5.74) is 2.95. The highest BCUT2D eigenvalue weighted by atomic mass is 19.1. The maximum Gasteiger partial charge on any atom is 0.318 e. The number of carbonyl (C=O) groups is 1. The maximum atomic E-state index is 13.1. The molecule has 0 spiro atoms. The third-order valence-corrected chi connectivity index (χ3v) is 5.85. The molecule has 3 aromatic rings. The Hall–Kier alpha value is -3.29. The van der Waals surface area contributed by atoms with Crippen LogP contribution in [0.2, 0.25) is 0 Å². The van der Waals surface area contributed by atoms with Crippen LogP contribution >= 0.6 is 0 Å². The summed E-state index contributed by atoms with van der Waals surface area (Å²) in [6, 6.07) is 21.8. The van der Waals surface area contributed by atoms with Gasteiger partial charge in [0.05, 0.1) is 18.8 Å². The Morgan fingerprint density at radius 3 is 2.00 bits per heavy atom. The van der Waals surface area contributed by atoms with Gasteiger partial charge in [-0.05, 0) is 60.7 Å². The molecule has 1 fully saturated rings. The zero-order valence-corrected chi connectivity index (χ0v) is 19.1. The topological polar surface area (TPSA) is 72.8 Å². The van der Waals surface area contributed by atoms with Crippen LogP contribution in [-0.2, 0) is 0 Å². The average Bonchev–Trinajstić information content (AvgIpc) is 2.85. The zero-order chi connectivity index (χ0) is 24.5. The van der Waals surface area contributed by atoms with Gasteiger partial charge in [0.15, 0.2) is 0 Å². The molecule has 1 saturated heterocycles. The number of hydrogen-bond donors (Lipinski definition) is 3. The summed E-state index contributed by atoms with van der Waals surface area (Å²) >= 11 is 0. The first kappa shape index (κ1) is 25.3. The van der Waals surface area contributed by atoms with E-state index in [9.17, 15) is 18.7 Å². The van der Waals surface area contributed by atoms with Crippen molar-refractivity contribution in [1.29, 1.82) is 0 Å². The van der Waals surface area contributed by atoms with Gasteiger partial charge in [0.1, 0.15) is 11.6 Å². The van der Waals surface area contributed by atoms with E-state index in [0.29, 0.717) is 13.0 Å². The van der Waals surface area contributed by atoms with Gasteiger partial charge in [-0.3, -0.25) is 0 Å². The Kier molecular flexibility index (Phi) is 9.13. The molecule has 180 valence electrons. The normalized spacial score (nSPS) is 17.3. The number of nitrogens with one attached hydrogen (secondary N) is 1. The molecule has 0 bridgehead atoms. The van der Waals surface area contributed by atoms with Gasteiger partial charge in [-0.2, -0.15) is 0 Å². The summed E-state index contributed by atoms with van der Waals surface area (Å²) in [6.07, 6.45) is 0.274. The van der Waals surface area contributed by atoms with E-state index in [4.69, 9.17) is 5.11 Å². The van der Waals surface area contributed by atoms with E-state index in [1.54, 1.807) is 35.2 Å². The monoisotopic (exact) mass is 468 g/mol. The van der Waals surface area contributed by atoms with Crippen LogP contribution in [0, 0.1) is 11.6 Å². The van der Waals surface area contributed by atoms with Gasteiger partial charge >= 0.3 is 6.03 Å². The Morgan fingerprint density at radius 2 is 1.50 bits per heavy atom. The second-order valence-corrected chi connectivity index (χ2v) is 8.30. The lowest BCUT2D eigenvalue weighted by Crippen LogP contribution is -2.53. The molecule has 34 heavy (non-hydrogen) atoms. The molecule has 3 N–H and O–H groups in total. The molecule has 0 radical (unpaired) electrons. The molecular weight excluding hydrogens is 438 g/mol. The van der Waals surface area contributed by atoms with Crippen LogP contribution in [-0.4, -0.2) is 46.4 Å². The van der Waals surface area contributed by atoms with Crippen molar-refractivity contribution in [3.05, 3.63) is 96.1 Å². The van der Waals surface area contributed by atoms with Gasteiger partial charge in [0.25, 0.3) is 0 Å². The van der Waals surface area contributed by atoms with Crippen molar-refractivity contribution in [3.63, 3.8) is 0 Å². The molecule has 3 atom stereocenters. The van der Waals surface area contributed by atoms with Gasteiger partial charge in [-0.25, -0.2) is 13.6 Å². The summed E-state index contributed by atoms with van der Waals surface area (Å²) in [6.45, 7) is 2.28. The third kappa shape index (κ3) is 7.10. The quantitative estimate of drug-likeness (QED) is 0.482. The fourth-order valence-electron chi connectivity index (χ4n) is 3.87. The van der Waals surface area contributed by atoms with Gasteiger partial charge in [0.2, 0.25) is 0 Å². The molecule has 1 aliphatic rings. The van der Waals surface area contributed by atoms with Crippen LogP contribution in [0.3, 0.4) is 0 Å². The summed E-state index contributed by atoms with van der Waals surface area (Å²) < 4.78 is 25.0. The van der Waals surface area contributed by atoms with Crippen molar-refractivity contribution < 1.29 is 23.8 Å². The smallest absolute Gasteiger partial charge is 0.318 e. The molecule has 7 heteroatoms. The summed E-state index contributed by atoms with van der Waals surface area (Å²) in [7, 11) is 0. The number of nitrogens with zero attached hydrogens (tertiary/aromatic N) is 1. The van der Waals surface area contributed by atoms with Gasteiger partial charge in [-0.15, -0.1) is 0 Å². The first-order valence-electron chi connectivity index (χ1n) is 11.3. The zero-order valence-electron chi connectivity index (χ0n) is 19.1. The molecular formula is C27H30F2N2O3. The fraction of sp³-hybridized carbons (Fsp3) is 0.296. The van der Waals surface area contributed by atoms with E-state index in [-0.39, 0.29) is 36.4 Å². The summed E-state index contributed by atoms with van der Waals surface area (Å²) in [5.74, 6) is -0.438. The minimum atomic E-state index is -0.807. The highest BCUT2D eigenvalue weighted by Gasteiger charge is 2.29. The largest absolute Gasteiger partial charge is 0.394 e. The van der Waals surface area contributed by atoms with Crippen molar-refractivity contribution in [1.82, 2.24) is 10.2 Å². The number of aliphatic hydroxyl groups is 2. The lowest BCUT2D eigenvalue weighted by atomic mass is 9.99. The second kappa shape index (κ2) is 12.3. The Labute approximate surface area is 198 Å². The van der Waals surface area contributed by atoms with E-state index < -0.39 is 6.10 Å². The SMILES string of the molecule is CC(c1ccc(-c2ccc(F)cc2)cc1)N1CCC(CC(O)CO)NC1=O.Fc1ccccc1. The number of benzene rings is 3. The summed E-state index contributed by atoms with van der Waals surface area (Å²) in [4.78, 5) is 14.2. The van der Waals surface area contributed by atoms with Crippen LogP contribution < -0.4 is 5.32 Å². The Bertz CT molecular complexity index is 1030. The van der Waals surface area contributed by atoms with Gasteiger partial charge < -0.3 is 20.4 Å². The fourth-order valence-corrected chi connectivity index (χ4v) is 3.87. The van der Waals surface area contributed by atoms with Gasteiger partial charge in [-0.1, -0.05) is 54.6 Å². The van der Waals surface area contributed by atoms with Crippen molar-refractivity contribution in [2.75, 3.05) is 13.2 Å². The maximum absolute atomic E-state index is 13.1. The molecule has 5 nitrogen and oxygen atoms in total. The number of carbonyl (C=O) groups excluding carboxylic acids is 1. The van der Waals surface area contributed by atoms with Crippen LogP contribution in [0.4, 0.5) is 13.6 Å². The summed E-state index contributed by atoms with van der Waals surface area (Å²) in [5, 5.41) is 21.4. The number of hydrogen-bond acceptors (Lipinski definition) is 3. The molecule has 0 saturated carbocycles. The number of rotatable bonds is 6. The van der Waals surface area contributed by atoms with E-state index >= 15 is 0 Å². The molecule has 0 aliphatic carbocycles. The molecule has 1 aliphatic heterocycles. The number of aliphatic hydroxyl groups excluding tert-OH is 2. The molecule has 2 amide bonds. The number of halogens is 2. The molecule has 0 aromatic heterocycles. The Balaban J connectivity index is 0.000000396. The van der Waals surface area contributed by atoms with Crippen LogP contribution in [0.25, 0.3) is 11.1 Å². The molecule has 1 heterocycles. The lowest BCUT2D eigenvalue weighted by Gasteiger charge is -2.37. The molecule has 4 rings (SSSR count). The van der Waals surface area contributed by atoms with Crippen molar-refractivity contribution in [2.24, 2.45) is 0 Å². The molecule has 3 unspecified atom stereocenters. The van der Waals surface area contributed by atoms with Gasteiger partial charge in [0, 0.05) is 12.6 Å². The van der Waals surface area contributed by atoms with Crippen LogP contribution in [0.15, 0.2) is 78.9 Å². The minimum Gasteiger partial charge on any atom is -0.394 e. The lowest BCUT2D eigenvalue weighted by molar-refractivity contribution is 0.0715. The van der Waals surface area contributed by atoms with Crippen LogP contribution in [0.1, 0.15) is 31.4 Å². The van der Waals surface area contributed by atoms with Crippen molar-refractivity contribution >= 4 is 6.03 Å². The van der Waals surface area contributed by atoms with Crippen LogP contribution in [0.5, 0.6) is 0 Å². The van der Waals surface area contributed by atoms with E-state index in [2.05, 4.69) is 5.32 Å². The number of amides is 2. The minimum absolute atomic E-state index is 0.0871. The first-order chi connectivity index (χ1) is 16.4. The second-order valence-electron chi connectivity index (χ2n) is 8.30. The standard InChI is InChI=1S/C21H25FN2O3.C6H5F/c1-14(24-11-10-19(23-21(24)27)12-20(26)13-25)15-2-4-16(5-3-15)17-6-8-18(22)9-7-17;7-6-4-2-1-3-5-6/h2-9,14,19-20,25-26H,10-13H2,1H3,(H,23,27);1-5H. The average molecular weight is 469 g/mol.